The van der Waals surface area contributed by atoms with E-state index in [1.54, 1.807) is 6.92 Å². The fourth-order valence-electron chi connectivity index (χ4n) is 1.52. The second-order valence-corrected chi connectivity index (χ2v) is 4.67. The van der Waals surface area contributed by atoms with E-state index < -0.39 is 11.6 Å². The summed E-state index contributed by atoms with van der Waals surface area (Å²) in [4.78, 5) is 15.5. The van der Waals surface area contributed by atoms with E-state index in [1.165, 1.54) is 18.5 Å². The highest BCUT2D eigenvalue weighted by atomic mass is 79.9. The van der Waals surface area contributed by atoms with Gasteiger partial charge in [0.1, 0.15) is 11.6 Å². The molecule has 6 heteroatoms. The largest absolute Gasteiger partial charge is 0.295 e. The van der Waals surface area contributed by atoms with Gasteiger partial charge in [-0.2, -0.15) is 0 Å². The van der Waals surface area contributed by atoms with Gasteiger partial charge in [0, 0.05) is 17.3 Å². The summed E-state index contributed by atoms with van der Waals surface area (Å²) in [7, 11) is 0. The molecule has 1 aromatic heterocycles. The zero-order valence-electron chi connectivity index (χ0n) is 9.45. The Labute approximate surface area is 110 Å². The first-order chi connectivity index (χ1) is 8.49. The zero-order chi connectivity index (χ0) is 13.3. The van der Waals surface area contributed by atoms with Crippen molar-refractivity contribution >= 4 is 15.9 Å². The van der Waals surface area contributed by atoms with Crippen molar-refractivity contribution in [3.63, 3.8) is 0 Å². The van der Waals surface area contributed by atoms with Crippen LogP contribution in [0.2, 0.25) is 0 Å². The number of aromatic nitrogens is 2. The van der Waals surface area contributed by atoms with Gasteiger partial charge in [-0.25, -0.2) is 13.8 Å². The monoisotopic (exact) mass is 314 g/mol. The van der Waals surface area contributed by atoms with E-state index in [4.69, 9.17) is 0 Å². The molecule has 18 heavy (non-hydrogen) atoms. The highest BCUT2D eigenvalue weighted by molar-refractivity contribution is 9.10. The Morgan fingerprint density at radius 1 is 1.39 bits per heavy atom. The van der Waals surface area contributed by atoms with Gasteiger partial charge >= 0.3 is 0 Å². The van der Waals surface area contributed by atoms with E-state index in [9.17, 15) is 13.6 Å². The van der Waals surface area contributed by atoms with Gasteiger partial charge in [-0.3, -0.25) is 9.36 Å². The Morgan fingerprint density at radius 3 is 2.78 bits per heavy atom. The van der Waals surface area contributed by atoms with Crippen LogP contribution in [0.1, 0.15) is 11.3 Å². The lowest BCUT2D eigenvalue weighted by atomic mass is 10.2. The van der Waals surface area contributed by atoms with Crippen molar-refractivity contribution in [1.82, 2.24) is 9.55 Å². The van der Waals surface area contributed by atoms with Gasteiger partial charge in [-0.05, 0) is 35.0 Å². The van der Waals surface area contributed by atoms with Crippen LogP contribution in [0.15, 0.2) is 33.8 Å². The molecule has 0 aliphatic rings. The number of rotatable bonds is 2. The van der Waals surface area contributed by atoms with Crippen molar-refractivity contribution in [3.8, 4) is 0 Å². The van der Waals surface area contributed by atoms with Crippen molar-refractivity contribution in [2.45, 2.75) is 13.5 Å². The Bertz CT molecular complexity index is 655. The molecule has 0 N–H and O–H groups in total. The van der Waals surface area contributed by atoms with Gasteiger partial charge in [-0.1, -0.05) is 0 Å². The minimum absolute atomic E-state index is 0.159. The van der Waals surface area contributed by atoms with Gasteiger partial charge in [-0.15, -0.1) is 0 Å². The summed E-state index contributed by atoms with van der Waals surface area (Å²) < 4.78 is 28.6. The van der Waals surface area contributed by atoms with Crippen LogP contribution in [0.4, 0.5) is 8.78 Å². The average molecular weight is 315 g/mol. The van der Waals surface area contributed by atoms with Crippen LogP contribution in [0.25, 0.3) is 0 Å². The first-order valence-electron chi connectivity index (χ1n) is 5.14. The van der Waals surface area contributed by atoms with E-state index in [0.717, 1.165) is 10.6 Å². The highest BCUT2D eigenvalue weighted by Gasteiger charge is 2.13. The van der Waals surface area contributed by atoms with Crippen LogP contribution in [0.3, 0.4) is 0 Å². The minimum Gasteiger partial charge on any atom is -0.295 e. The maximum absolute atomic E-state index is 13.7. The molecule has 0 saturated carbocycles. The molecule has 3 nitrogen and oxygen atoms in total. The molecule has 0 spiro atoms. The summed E-state index contributed by atoms with van der Waals surface area (Å²) in [5.74, 6) is -1.40. The van der Waals surface area contributed by atoms with Crippen molar-refractivity contribution in [2.24, 2.45) is 0 Å². The Kier molecular flexibility index (Phi) is 3.56. The molecule has 0 amide bonds. The molecule has 1 heterocycles. The molecular weight excluding hydrogens is 306 g/mol. The van der Waals surface area contributed by atoms with E-state index in [1.807, 2.05) is 0 Å². The molecule has 94 valence electrons. The topological polar surface area (TPSA) is 34.9 Å². The molecule has 0 bridgehead atoms. The number of aryl methyl sites for hydroxylation is 1. The molecule has 0 fully saturated rings. The lowest BCUT2D eigenvalue weighted by molar-refractivity contribution is 0.536. The lowest BCUT2D eigenvalue weighted by Crippen LogP contribution is -2.21. The zero-order valence-corrected chi connectivity index (χ0v) is 11.0. The van der Waals surface area contributed by atoms with Crippen molar-refractivity contribution in [1.29, 1.82) is 0 Å². The van der Waals surface area contributed by atoms with Gasteiger partial charge in [0.25, 0.3) is 5.56 Å². The molecule has 2 rings (SSSR count). The quantitative estimate of drug-likeness (QED) is 0.799. The predicted molar refractivity (Wildman–Crippen MR) is 66.4 cm³/mol. The van der Waals surface area contributed by atoms with Crippen LogP contribution < -0.4 is 5.56 Å². The first-order valence-corrected chi connectivity index (χ1v) is 5.94. The Morgan fingerprint density at radius 2 is 2.11 bits per heavy atom. The minimum atomic E-state index is -0.706. The number of benzene rings is 1. The van der Waals surface area contributed by atoms with E-state index in [-0.39, 0.29) is 22.1 Å². The Balaban J connectivity index is 2.46. The number of halogens is 3. The average Bonchev–Trinajstić information content (AvgIpc) is 2.32. The number of nitrogens with zero attached hydrogens (tertiary/aromatic N) is 2. The summed E-state index contributed by atoms with van der Waals surface area (Å²) in [5, 5.41) is 0. The smallest absolute Gasteiger partial charge is 0.253 e. The van der Waals surface area contributed by atoms with Crippen LogP contribution in [0, 0.1) is 18.6 Å². The van der Waals surface area contributed by atoms with E-state index in [0.29, 0.717) is 5.69 Å². The summed E-state index contributed by atoms with van der Waals surface area (Å²) in [6, 6.07) is 3.74. The van der Waals surface area contributed by atoms with Crippen molar-refractivity contribution in [2.75, 3.05) is 0 Å². The standard InChI is InChI=1S/C12H9BrF2N2O/c1-7-4-11(18)17(6-16-7)5-8-10(14)3-2-9(13)12(8)15/h2-4,6H,5H2,1H3. The van der Waals surface area contributed by atoms with Crippen LogP contribution in [-0.4, -0.2) is 9.55 Å². The normalized spacial score (nSPS) is 10.7. The molecule has 0 aliphatic carbocycles. The molecule has 2 aromatic rings. The molecule has 0 atom stereocenters. The lowest BCUT2D eigenvalue weighted by Gasteiger charge is -2.08. The second kappa shape index (κ2) is 4.97. The van der Waals surface area contributed by atoms with Crippen LogP contribution in [-0.2, 0) is 6.54 Å². The number of hydrogen-bond acceptors (Lipinski definition) is 2. The van der Waals surface area contributed by atoms with Crippen molar-refractivity contribution < 1.29 is 8.78 Å². The number of hydrogen-bond donors (Lipinski definition) is 0. The first kappa shape index (κ1) is 12.9. The molecule has 0 aliphatic heterocycles. The maximum Gasteiger partial charge on any atom is 0.253 e. The van der Waals surface area contributed by atoms with Crippen molar-refractivity contribution in [3.05, 3.63) is 62.2 Å². The summed E-state index contributed by atoms with van der Waals surface area (Å²) in [6.45, 7) is 1.48. The molecule has 0 unspecified atom stereocenters. The third-order valence-corrected chi connectivity index (χ3v) is 3.10. The van der Waals surface area contributed by atoms with Gasteiger partial charge in [0.05, 0.1) is 17.3 Å². The fourth-order valence-corrected chi connectivity index (χ4v) is 1.89. The summed E-state index contributed by atoms with van der Waals surface area (Å²) in [5.41, 5.74) is 0.0461. The van der Waals surface area contributed by atoms with Gasteiger partial charge < -0.3 is 0 Å². The van der Waals surface area contributed by atoms with E-state index in [2.05, 4.69) is 20.9 Å². The third-order valence-electron chi connectivity index (χ3n) is 2.48. The molecule has 0 radical (unpaired) electrons. The summed E-state index contributed by atoms with van der Waals surface area (Å²) in [6.07, 6.45) is 1.28. The Hall–Kier alpha value is -1.56. The molecular formula is C12H9BrF2N2O. The van der Waals surface area contributed by atoms with Gasteiger partial charge in [0.2, 0.25) is 0 Å². The highest BCUT2D eigenvalue weighted by Crippen LogP contribution is 2.21. The molecule has 1 aromatic carbocycles. The SMILES string of the molecule is Cc1cc(=O)n(Cc2c(F)ccc(Br)c2F)cn1. The van der Waals surface area contributed by atoms with Crippen LogP contribution >= 0.6 is 15.9 Å². The molecule has 0 saturated heterocycles. The fraction of sp³-hybridized carbons (Fsp3) is 0.167. The predicted octanol–water partition coefficient (Wildman–Crippen LogP) is 2.64. The third kappa shape index (κ3) is 2.48. The second-order valence-electron chi connectivity index (χ2n) is 3.82. The summed E-state index contributed by atoms with van der Waals surface area (Å²) >= 11 is 2.98. The van der Waals surface area contributed by atoms with E-state index >= 15 is 0 Å². The maximum atomic E-state index is 13.7. The van der Waals surface area contributed by atoms with Gasteiger partial charge in [0.15, 0.2) is 0 Å². The van der Waals surface area contributed by atoms with Crippen LogP contribution in [0.5, 0.6) is 0 Å².